The number of carbonyl (C=O) groups is 1. The molecule has 2 heterocycles. The van der Waals surface area contributed by atoms with Gasteiger partial charge in [0.15, 0.2) is 0 Å². The first-order chi connectivity index (χ1) is 11.7. The van der Waals surface area contributed by atoms with Crippen molar-refractivity contribution in [2.24, 2.45) is 5.84 Å². The van der Waals surface area contributed by atoms with Crippen molar-refractivity contribution in [3.8, 4) is 0 Å². The Morgan fingerprint density at radius 3 is 3.00 bits per heavy atom. The number of halogens is 1. The van der Waals surface area contributed by atoms with Crippen LogP contribution in [-0.2, 0) is 6.54 Å². The standard InChI is InChI=1S/C16H17BrN6O/c17-11-2-3-14-12(8-11)15(13(9-21-14)16(24)22-18)20-4-1-6-23-7-5-19-10-23/h2-3,5,7-10H,1,4,6,18H2,(H,20,21)(H,22,24). The number of nitrogens with two attached hydrogens (primary N) is 1. The van der Waals surface area contributed by atoms with Crippen LogP contribution in [0.1, 0.15) is 16.8 Å². The van der Waals surface area contributed by atoms with Crippen molar-refractivity contribution in [2.45, 2.75) is 13.0 Å². The Bertz CT molecular complexity index is 849. The molecule has 1 amide bonds. The third-order valence-corrected chi connectivity index (χ3v) is 4.15. The Labute approximate surface area is 147 Å². The number of aryl methyl sites for hydroxylation is 1. The van der Waals surface area contributed by atoms with Gasteiger partial charge in [-0.3, -0.25) is 15.2 Å². The van der Waals surface area contributed by atoms with E-state index in [0.29, 0.717) is 12.1 Å². The Morgan fingerprint density at radius 2 is 2.25 bits per heavy atom. The van der Waals surface area contributed by atoms with Crippen molar-refractivity contribution in [3.05, 3.63) is 53.2 Å². The molecular formula is C16H17BrN6O. The van der Waals surface area contributed by atoms with E-state index in [9.17, 15) is 4.79 Å². The molecule has 1 aromatic carbocycles. The fourth-order valence-electron chi connectivity index (χ4n) is 2.50. The van der Waals surface area contributed by atoms with E-state index < -0.39 is 0 Å². The molecule has 0 atom stereocenters. The lowest BCUT2D eigenvalue weighted by molar-refractivity contribution is 0.0954. The molecule has 8 heteroatoms. The van der Waals surface area contributed by atoms with Crippen LogP contribution in [0.25, 0.3) is 10.9 Å². The minimum atomic E-state index is -0.374. The van der Waals surface area contributed by atoms with E-state index in [1.165, 1.54) is 6.20 Å². The number of hydrogen-bond acceptors (Lipinski definition) is 5. The number of anilines is 1. The van der Waals surface area contributed by atoms with Crippen molar-refractivity contribution in [1.82, 2.24) is 20.0 Å². The summed E-state index contributed by atoms with van der Waals surface area (Å²) >= 11 is 3.46. The molecule has 3 aromatic rings. The topological polar surface area (TPSA) is 97.9 Å². The number of aromatic nitrogens is 3. The molecule has 0 aliphatic rings. The van der Waals surface area contributed by atoms with Crippen LogP contribution in [0, 0.1) is 0 Å². The van der Waals surface area contributed by atoms with Gasteiger partial charge in [0.2, 0.25) is 0 Å². The lowest BCUT2D eigenvalue weighted by Crippen LogP contribution is -2.31. The van der Waals surface area contributed by atoms with E-state index in [1.807, 2.05) is 29.0 Å². The highest BCUT2D eigenvalue weighted by Crippen LogP contribution is 2.28. The number of fused-ring (bicyclic) bond motifs is 1. The summed E-state index contributed by atoms with van der Waals surface area (Å²) in [7, 11) is 0. The van der Waals surface area contributed by atoms with Gasteiger partial charge in [-0.05, 0) is 24.6 Å². The lowest BCUT2D eigenvalue weighted by atomic mass is 10.1. The number of rotatable bonds is 6. The summed E-state index contributed by atoms with van der Waals surface area (Å²) < 4.78 is 2.93. The molecule has 0 unspecified atom stereocenters. The third kappa shape index (κ3) is 3.55. The van der Waals surface area contributed by atoms with Gasteiger partial charge in [-0.25, -0.2) is 10.8 Å². The molecule has 4 N–H and O–H groups in total. The van der Waals surface area contributed by atoms with Gasteiger partial charge < -0.3 is 9.88 Å². The molecule has 24 heavy (non-hydrogen) atoms. The molecule has 0 bridgehead atoms. The van der Waals surface area contributed by atoms with Gasteiger partial charge in [0.25, 0.3) is 5.91 Å². The van der Waals surface area contributed by atoms with Crippen LogP contribution < -0.4 is 16.6 Å². The van der Waals surface area contributed by atoms with Crippen molar-refractivity contribution in [1.29, 1.82) is 0 Å². The summed E-state index contributed by atoms with van der Waals surface area (Å²) in [4.78, 5) is 20.4. The monoisotopic (exact) mass is 388 g/mol. The summed E-state index contributed by atoms with van der Waals surface area (Å²) in [6.07, 6.45) is 7.89. The Hall–Kier alpha value is -2.45. The summed E-state index contributed by atoms with van der Waals surface area (Å²) in [5.74, 6) is 4.92. The highest BCUT2D eigenvalue weighted by atomic mass is 79.9. The van der Waals surface area contributed by atoms with Crippen molar-refractivity contribution in [2.75, 3.05) is 11.9 Å². The number of hydrazine groups is 1. The number of nitrogens with zero attached hydrogens (tertiary/aromatic N) is 3. The van der Waals surface area contributed by atoms with Crippen LogP contribution in [0.5, 0.6) is 0 Å². The van der Waals surface area contributed by atoms with Gasteiger partial charge in [0.05, 0.1) is 23.1 Å². The van der Waals surface area contributed by atoms with Gasteiger partial charge >= 0.3 is 0 Å². The highest BCUT2D eigenvalue weighted by molar-refractivity contribution is 9.10. The van der Waals surface area contributed by atoms with Crippen LogP contribution in [0.2, 0.25) is 0 Å². The number of nitrogens with one attached hydrogen (secondary N) is 2. The first-order valence-electron chi connectivity index (χ1n) is 7.48. The van der Waals surface area contributed by atoms with E-state index in [0.717, 1.165) is 34.0 Å². The van der Waals surface area contributed by atoms with Crippen molar-refractivity contribution < 1.29 is 4.79 Å². The summed E-state index contributed by atoms with van der Waals surface area (Å²) in [5, 5.41) is 4.22. The molecule has 0 aliphatic heterocycles. The fraction of sp³-hybridized carbons (Fsp3) is 0.188. The second-order valence-electron chi connectivity index (χ2n) is 5.26. The average molecular weight is 389 g/mol. The maximum Gasteiger partial charge on any atom is 0.268 e. The largest absolute Gasteiger partial charge is 0.384 e. The normalized spacial score (nSPS) is 10.8. The van der Waals surface area contributed by atoms with E-state index in [4.69, 9.17) is 5.84 Å². The first kappa shape index (κ1) is 16.4. The molecule has 0 saturated carbocycles. The zero-order valence-corrected chi connectivity index (χ0v) is 14.5. The fourth-order valence-corrected chi connectivity index (χ4v) is 2.86. The van der Waals surface area contributed by atoms with Crippen molar-refractivity contribution in [3.63, 3.8) is 0 Å². The lowest BCUT2D eigenvalue weighted by Gasteiger charge is -2.14. The molecule has 0 spiro atoms. The Morgan fingerprint density at radius 1 is 1.38 bits per heavy atom. The third-order valence-electron chi connectivity index (χ3n) is 3.66. The molecular weight excluding hydrogens is 372 g/mol. The number of nitrogen functional groups attached to an aromatic ring is 1. The van der Waals surface area contributed by atoms with Gasteiger partial charge in [0, 0.05) is 41.5 Å². The molecule has 2 aromatic heterocycles. The summed E-state index contributed by atoms with van der Waals surface area (Å²) in [6.45, 7) is 1.55. The zero-order chi connectivity index (χ0) is 16.9. The molecule has 3 rings (SSSR count). The SMILES string of the molecule is NNC(=O)c1cnc2ccc(Br)cc2c1NCCCn1ccnc1. The van der Waals surface area contributed by atoms with Crippen LogP contribution in [-0.4, -0.2) is 27.0 Å². The smallest absolute Gasteiger partial charge is 0.268 e. The molecule has 7 nitrogen and oxygen atoms in total. The van der Waals surface area contributed by atoms with E-state index in [-0.39, 0.29) is 5.91 Å². The maximum atomic E-state index is 12.0. The molecule has 0 radical (unpaired) electrons. The van der Waals surface area contributed by atoms with Gasteiger partial charge in [-0.15, -0.1) is 0 Å². The van der Waals surface area contributed by atoms with Crippen LogP contribution in [0.15, 0.2) is 47.6 Å². The van der Waals surface area contributed by atoms with Gasteiger partial charge in [-0.1, -0.05) is 15.9 Å². The van der Waals surface area contributed by atoms with Crippen LogP contribution in [0.3, 0.4) is 0 Å². The number of carbonyl (C=O) groups excluding carboxylic acids is 1. The highest BCUT2D eigenvalue weighted by Gasteiger charge is 2.14. The minimum Gasteiger partial charge on any atom is -0.384 e. The quantitative estimate of drug-likeness (QED) is 0.260. The minimum absolute atomic E-state index is 0.374. The van der Waals surface area contributed by atoms with Crippen molar-refractivity contribution >= 4 is 38.4 Å². The number of hydrogen-bond donors (Lipinski definition) is 3. The predicted octanol–water partition coefficient (Wildman–Crippen LogP) is 2.30. The van der Waals surface area contributed by atoms with Crippen LogP contribution in [0.4, 0.5) is 5.69 Å². The molecule has 0 fully saturated rings. The van der Waals surface area contributed by atoms with E-state index in [2.05, 4.69) is 36.6 Å². The second-order valence-corrected chi connectivity index (χ2v) is 6.18. The average Bonchev–Trinajstić information content (AvgIpc) is 3.11. The van der Waals surface area contributed by atoms with E-state index >= 15 is 0 Å². The summed E-state index contributed by atoms with van der Waals surface area (Å²) in [6, 6.07) is 5.76. The number of imidazole rings is 1. The zero-order valence-electron chi connectivity index (χ0n) is 12.9. The second kappa shape index (κ2) is 7.41. The molecule has 0 aliphatic carbocycles. The first-order valence-corrected chi connectivity index (χ1v) is 8.27. The Balaban J connectivity index is 1.85. The number of benzene rings is 1. The number of amides is 1. The molecule has 124 valence electrons. The molecule has 0 saturated heterocycles. The van der Waals surface area contributed by atoms with E-state index in [1.54, 1.807) is 12.5 Å². The maximum absolute atomic E-state index is 12.0. The Kier molecular flexibility index (Phi) is 5.07. The summed E-state index contributed by atoms with van der Waals surface area (Å²) in [5.41, 5.74) is 4.13. The predicted molar refractivity (Wildman–Crippen MR) is 96.4 cm³/mol. The van der Waals surface area contributed by atoms with Crippen LogP contribution >= 0.6 is 15.9 Å². The number of pyridine rings is 1. The van der Waals surface area contributed by atoms with Gasteiger partial charge in [-0.2, -0.15) is 0 Å². The van der Waals surface area contributed by atoms with Gasteiger partial charge in [0.1, 0.15) is 0 Å².